The van der Waals surface area contributed by atoms with Crippen LogP contribution in [0.2, 0.25) is 0 Å². The van der Waals surface area contributed by atoms with Gasteiger partial charge in [-0.15, -0.1) is 0 Å². The Labute approximate surface area is 168 Å². The fourth-order valence-corrected chi connectivity index (χ4v) is 3.46. The standard InChI is InChI=1S/C21H22N2O6/c1-26-15-8-6-14(7-9-15)16-12-17(18-4-2-10-27-18)23(22-16)20(24)13-29-21(25)19-5-3-11-28-19/h2,4,6-10,17,19H,3,5,11-13H2,1H3/t17-,19+/m1/s1. The molecule has 1 aromatic heterocycles. The maximum atomic E-state index is 12.8. The summed E-state index contributed by atoms with van der Waals surface area (Å²) in [6.45, 7) is 0.144. The van der Waals surface area contributed by atoms with Crippen molar-refractivity contribution >= 4 is 17.6 Å². The summed E-state index contributed by atoms with van der Waals surface area (Å²) in [7, 11) is 1.60. The largest absolute Gasteiger partial charge is 0.497 e. The molecule has 0 saturated carbocycles. The molecule has 2 atom stereocenters. The monoisotopic (exact) mass is 398 g/mol. The molecule has 8 nitrogen and oxygen atoms in total. The number of carbonyl (C=O) groups excluding carboxylic acids is 2. The Morgan fingerprint density at radius 3 is 2.72 bits per heavy atom. The van der Waals surface area contributed by atoms with Crippen molar-refractivity contribution in [3.63, 3.8) is 0 Å². The molecule has 4 rings (SSSR count). The van der Waals surface area contributed by atoms with Crippen molar-refractivity contribution in [2.75, 3.05) is 20.3 Å². The lowest BCUT2D eigenvalue weighted by Gasteiger charge is -2.20. The zero-order valence-electron chi connectivity index (χ0n) is 16.1. The Balaban J connectivity index is 1.49. The highest BCUT2D eigenvalue weighted by Crippen LogP contribution is 2.33. The van der Waals surface area contributed by atoms with E-state index in [1.165, 1.54) is 5.01 Å². The van der Waals surface area contributed by atoms with Gasteiger partial charge in [0.1, 0.15) is 17.6 Å². The third-order valence-electron chi connectivity index (χ3n) is 4.99. The quantitative estimate of drug-likeness (QED) is 0.695. The maximum Gasteiger partial charge on any atom is 0.335 e. The van der Waals surface area contributed by atoms with E-state index in [0.29, 0.717) is 25.2 Å². The first-order chi connectivity index (χ1) is 14.2. The predicted molar refractivity (Wildman–Crippen MR) is 102 cm³/mol. The number of ether oxygens (including phenoxy) is 3. The van der Waals surface area contributed by atoms with Crippen LogP contribution in [0.3, 0.4) is 0 Å². The van der Waals surface area contributed by atoms with Gasteiger partial charge in [-0.1, -0.05) is 0 Å². The first-order valence-electron chi connectivity index (χ1n) is 9.51. The smallest absolute Gasteiger partial charge is 0.335 e. The van der Waals surface area contributed by atoms with Crippen molar-refractivity contribution in [1.29, 1.82) is 0 Å². The lowest BCUT2D eigenvalue weighted by molar-refractivity contribution is -0.160. The number of carbonyl (C=O) groups is 2. The Bertz CT molecular complexity index is 884. The number of furan rings is 1. The second-order valence-electron chi connectivity index (χ2n) is 6.86. The SMILES string of the molecule is COc1ccc(C2=NN(C(=O)COC(=O)[C@@H]3CCCO3)[C@@H](c3ccco3)C2)cc1. The van der Waals surface area contributed by atoms with Gasteiger partial charge >= 0.3 is 5.97 Å². The lowest BCUT2D eigenvalue weighted by atomic mass is 10.0. The van der Waals surface area contributed by atoms with Crippen LogP contribution in [-0.4, -0.2) is 49.0 Å². The molecule has 2 aliphatic heterocycles. The fourth-order valence-electron chi connectivity index (χ4n) is 3.46. The van der Waals surface area contributed by atoms with Crippen LogP contribution in [0.5, 0.6) is 5.75 Å². The second-order valence-corrected chi connectivity index (χ2v) is 6.86. The molecule has 2 aromatic rings. The molecule has 0 spiro atoms. The highest BCUT2D eigenvalue weighted by Gasteiger charge is 2.36. The second kappa shape index (κ2) is 8.48. The van der Waals surface area contributed by atoms with Gasteiger partial charge in [-0.2, -0.15) is 5.10 Å². The van der Waals surface area contributed by atoms with Gasteiger partial charge in [0, 0.05) is 13.0 Å². The van der Waals surface area contributed by atoms with Gasteiger partial charge in [0.15, 0.2) is 12.7 Å². The molecule has 0 unspecified atom stereocenters. The molecular weight excluding hydrogens is 376 g/mol. The Morgan fingerprint density at radius 2 is 2.07 bits per heavy atom. The molecule has 152 valence electrons. The van der Waals surface area contributed by atoms with Gasteiger partial charge in [-0.3, -0.25) is 4.79 Å². The molecule has 0 radical (unpaired) electrons. The Kier molecular flexibility index (Phi) is 5.62. The summed E-state index contributed by atoms with van der Waals surface area (Å²) >= 11 is 0. The zero-order valence-corrected chi connectivity index (χ0v) is 16.1. The number of rotatable bonds is 6. The van der Waals surface area contributed by atoms with Crippen LogP contribution in [-0.2, 0) is 19.1 Å². The number of methoxy groups -OCH3 is 1. The Hall–Kier alpha value is -3.13. The third-order valence-corrected chi connectivity index (χ3v) is 4.99. The zero-order chi connectivity index (χ0) is 20.2. The van der Waals surface area contributed by atoms with Gasteiger partial charge in [-0.05, 0) is 54.8 Å². The molecule has 1 saturated heterocycles. The maximum absolute atomic E-state index is 12.8. The van der Waals surface area contributed by atoms with E-state index in [1.807, 2.05) is 24.3 Å². The number of hydrogen-bond acceptors (Lipinski definition) is 7. The Morgan fingerprint density at radius 1 is 1.24 bits per heavy atom. The average Bonchev–Trinajstić information content (AvgIpc) is 3.52. The van der Waals surface area contributed by atoms with Crippen molar-refractivity contribution in [3.05, 3.63) is 54.0 Å². The van der Waals surface area contributed by atoms with E-state index in [4.69, 9.17) is 18.6 Å². The van der Waals surface area contributed by atoms with Crippen LogP contribution >= 0.6 is 0 Å². The highest BCUT2D eigenvalue weighted by molar-refractivity contribution is 6.03. The van der Waals surface area contributed by atoms with E-state index >= 15 is 0 Å². The van der Waals surface area contributed by atoms with Gasteiger partial charge in [0.2, 0.25) is 0 Å². The summed E-state index contributed by atoms with van der Waals surface area (Å²) in [5.74, 6) is 0.435. The molecule has 1 aromatic carbocycles. The van der Waals surface area contributed by atoms with Crippen molar-refractivity contribution < 1.29 is 28.2 Å². The van der Waals surface area contributed by atoms with Gasteiger partial charge < -0.3 is 18.6 Å². The molecule has 29 heavy (non-hydrogen) atoms. The van der Waals surface area contributed by atoms with Crippen molar-refractivity contribution in [2.45, 2.75) is 31.4 Å². The molecule has 2 aliphatic rings. The van der Waals surface area contributed by atoms with Gasteiger partial charge in [-0.25, -0.2) is 9.80 Å². The molecule has 0 aliphatic carbocycles. The number of esters is 1. The highest BCUT2D eigenvalue weighted by atomic mass is 16.6. The molecule has 1 amide bonds. The average molecular weight is 398 g/mol. The molecule has 0 bridgehead atoms. The summed E-state index contributed by atoms with van der Waals surface area (Å²) in [5, 5.41) is 5.84. The van der Waals surface area contributed by atoms with Gasteiger partial charge in [0.25, 0.3) is 5.91 Å². The summed E-state index contributed by atoms with van der Waals surface area (Å²) in [4.78, 5) is 24.8. The van der Waals surface area contributed by atoms with Crippen molar-refractivity contribution in [3.8, 4) is 5.75 Å². The number of hydrazone groups is 1. The summed E-state index contributed by atoms with van der Waals surface area (Å²) in [6, 6.07) is 10.6. The number of nitrogens with zero attached hydrogens (tertiary/aromatic N) is 2. The van der Waals surface area contributed by atoms with E-state index < -0.39 is 30.6 Å². The molecule has 3 heterocycles. The summed E-state index contributed by atoms with van der Waals surface area (Å²) < 4.78 is 21.2. The predicted octanol–water partition coefficient (Wildman–Crippen LogP) is 2.69. The minimum atomic E-state index is -0.583. The van der Waals surface area contributed by atoms with Crippen molar-refractivity contribution in [1.82, 2.24) is 5.01 Å². The summed E-state index contributed by atoms with van der Waals surface area (Å²) in [5.41, 5.74) is 1.63. The minimum absolute atomic E-state index is 0.393. The topological polar surface area (TPSA) is 90.6 Å². The third kappa shape index (κ3) is 4.17. The normalized spacial score (nSPS) is 21.1. The lowest BCUT2D eigenvalue weighted by Crippen LogP contribution is -2.33. The summed E-state index contributed by atoms with van der Waals surface area (Å²) in [6.07, 6.45) is 2.90. The van der Waals surface area contributed by atoms with Crippen LogP contribution < -0.4 is 4.74 Å². The van der Waals surface area contributed by atoms with Gasteiger partial charge in [0.05, 0.1) is 19.1 Å². The molecule has 1 fully saturated rings. The fraction of sp³-hybridized carbons (Fsp3) is 0.381. The van der Waals surface area contributed by atoms with E-state index in [1.54, 1.807) is 25.5 Å². The van der Waals surface area contributed by atoms with E-state index in [-0.39, 0.29) is 0 Å². The van der Waals surface area contributed by atoms with E-state index in [0.717, 1.165) is 23.4 Å². The first-order valence-corrected chi connectivity index (χ1v) is 9.51. The molecule has 0 N–H and O–H groups in total. The van der Waals surface area contributed by atoms with Crippen LogP contribution in [0.25, 0.3) is 0 Å². The number of hydrogen-bond donors (Lipinski definition) is 0. The van der Waals surface area contributed by atoms with E-state index in [9.17, 15) is 9.59 Å². The minimum Gasteiger partial charge on any atom is -0.497 e. The van der Waals surface area contributed by atoms with Crippen LogP contribution in [0.15, 0.2) is 52.2 Å². The van der Waals surface area contributed by atoms with Crippen LogP contribution in [0.4, 0.5) is 0 Å². The van der Waals surface area contributed by atoms with Crippen molar-refractivity contribution in [2.24, 2.45) is 5.10 Å². The number of amides is 1. The van der Waals surface area contributed by atoms with E-state index in [2.05, 4.69) is 5.10 Å². The number of benzene rings is 1. The van der Waals surface area contributed by atoms with Crippen LogP contribution in [0.1, 0.15) is 36.6 Å². The first kappa shape index (κ1) is 19.2. The molecule has 8 heteroatoms. The van der Waals surface area contributed by atoms with Crippen LogP contribution in [0, 0.1) is 0 Å². The molecular formula is C21H22N2O6.